The smallest absolute Gasteiger partial charge is 0.243 e. The maximum atomic E-state index is 13.7. The topological polar surface area (TPSA) is 90.6 Å². The van der Waals surface area contributed by atoms with Gasteiger partial charge in [-0.3, -0.25) is 0 Å². The van der Waals surface area contributed by atoms with Gasteiger partial charge in [0.25, 0.3) is 0 Å². The number of nitrogens with one attached hydrogen (secondary N) is 1. The number of halogens is 1. The van der Waals surface area contributed by atoms with Gasteiger partial charge in [-0.15, -0.1) is 0 Å². The van der Waals surface area contributed by atoms with Gasteiger partial charge in [0.05, 0.1) is 19.8 Å². The Morgan fingerprint density at radius 3 is 2.65 bits per heavy atom. The third kappa shape index (κ3) is 5.14. The molecule has 0 spiro atoms. The van der Waals surface area contributed by atoms with Crippen molar-refractivity contribution in [1.29, 1.82) is 0 Å². The van der Waals surface area contributed by atoms with Gasteiger partial charge in [0.15, 0.2) is 0 Å². The summed E-state index contributed by atoms with van der Waals surface area (Å²) in [6, 6.07) is 3.79. The van der Waals surface area contributed by atoms with Crippen LogP contribution >= 0.6 is 0 Å². The van der Waals surface area contributed by atoms with Crippen LogP contribution in [0, 0.1) is 5.82 Å². The van der Waals surface area contributed by atoms with E-state index in [-0.39, 0.29) is 19.7 Å². The summed E-state index contributed by atoms with van der Waals surface area (Å²) in [5.74, 6) is -0.819. The van der Waals surface area contributed by atoms with E-state index in [9.17, 15) is 12.8 Å². The Hall–Kier alpha value is -1.06. The molecule has 1 aromatic carbocycles. The van der Waals surface area contributed by atoms with E-state index in [1.165, 1.54) is 12.1 Å². The molecule has 0 unspecified atom stereocenters. The highest BCUT2D eigenvalue weighted by Gasteiger charge is 2.18. The monoisotopic (exact) mass is 306 g/mol. The van der Waals surface area contributed by atoms with E-state index in [4.69, 9.17) is 15.2 Å². The number of nitrogens with two attached hydrogens (primary N) is 1. The molecule has 0 aliphatic rings. The first-order chi connectivity index (χ1) is 9.51. The van der Waals surface area contributed by atoms with E-state index < -0.39 is 20.7 Å². The van der Waals surface area contributed by atoms with E-state index in [0.717, 1.165) is 6.07 Å². The zero-order valence-electron chi connectivity index (χ0n) is 11.3. The first-order valence-corrected chi connectivity index (χ1v) is 7.54. The molecule has 6 nitrogen and oxygen atoms in total. The molecule has 0 radical (unpaired) electrons. The average molecular weight is 306 g/mol. The third-order valence-corrected chi connectivity index (χ3v) is 3.99. The van der Waals surface area contributed by atoms with Gasteiger partial charge in [0, 0.05) is 20.2 Å². The van der Waals surface area contributed by atoms with E-state index >= 15 is 0 Å². The molecule has 0 saturated carbocycles. The maximum absolute atomic E-state index is 13.7. The lowest BCUT2D eigenvalue weighted by Gasteiger charge is -2.09. The second-order valence-corrected chi connectivity index (χ2v) is 5.71. The first-order valence-electron chi connectivity index (χ1n) is 6.06. The van der Waals surface area contributed by atoms with Gasteiger partial charge in [-0.05, 0) is 17.7 Å². The lowest BCUT2D eigenvalue weighted by molar-refractivity contribution is 0.0736. The summed E-state index contributed by atoms with van der Waals surface area (Å²) in [4.78, 5) is -0.397. The van der Waals surface area contributed by atoms with Crippen molar-refractivity contribution in [3.8, 4) is 0 Å². The highest BCUT2D eigenvalue weighted by atomic mass is 32.2. The summed E-state index contributed by atoms with van der Waals surface area (Å²) in [6.07, 6.45) is 0. The molecule has 114 valence electrons. The Bertz CT molecular complexity index is 522. The van der Waals surface area contributed by atoms with Crippen molar-refractivity contribution < 1.29 is 22.3 Å². The lowest BCUT2D eigenvalue weighted by Crippen LogP contribution is -2.28. The highest BCUT2D eigenvalue weighted by molar-refractivity contribution is 7.89. The minimum atomic E-state index is -3.89. The zero-order valence-corrected chi connectivity index (χ0v) is 12.1. The SMILES string of the molecule is COCCOCCNS(=O)(=O)c1ccc(CN)cc1F. The quantitative estimate of drug-likeness (QED) is 0.637. The molecule has 0 aliphatic carbocycles. The predicted molar refractivity (Wildman–Crippen MR) is 72.2 cm³/mol. The van der Waals surface area contributed by atoms with Gasteiger partial charge in [0.1, 0.15) is 10.7 Å². The van der Waals surface area contributed by atoms with Gasteiger partial charge in [-0.1, -0.05) is 6.07 Å². The number of benzene rings is 1. The molecule has 1 rings (SSSR count). The highest BCUT2D eigenvalue weighted by Crippen LogP contribution is 2.15. The lowest BCUT2D eigenvalue weighted by atomic mass is 10.2. The number of hydrogen-bond acceptors (Lipinski definition) is 5. The molecule has 0 amide bonds. The Labute approximate surface area is 118 Å². The van der Waals surface area contributed by atoms with Crippen molar-refractivity contribution in [2.45, 2.75) is 11.4 Å². The molecule has 0 saturated heterocycles. The normalized spacial score (nSPS) is 11.8. The molecule has 0 heterocycles. The standard InChI is InChI=1S/C12H19FN2O4S/c1-18-6-7-19-5-4-15-20(16,17)12-3-2-10(9-14)8-11(12)13/h2-3,8,15H,4-7,9,14H2,1H3. The van der Waals surface area contributed by atoms with E-state index in [1.807, 2.05) is 0 Å². The van der Waals surface area contributed by atoms with Crippen LogP contribution in [0.1, 0.15) is 5.56 Å². The van der Waals surface area contributed by atoms with Crippen LogP contribution in [-0.2, 0) is 26.0 Å². The summed E-state index contributed by atoms with van der Waals surface area (Å²) in [5.41, 5.74) is 5.89. The van der Waals surface area contributed by atoms with Crippen LogP contribution in [0.5, 0.6) is 0 Å². The van der Waals surface area contributed by atoms with Crippen molar-refractivity contribution in [3.05, 3.63) is 29.6 Å². The molecular formula is C12H19FN2O4S. The third-order valence-electron chi connectivity index (χ3n) is 2.49. The van der Waals surface area contributed by atoms with Crippen LogP contribution in [0.3, 0.4) is 0 Å². The van der Waals surface area contributed by atoms with Gasteiger partial charge < -0.3 is 15.2 Å². The van der Waals surface area contributed by atoms with Crippen LogP contribution in [0.15, 0.2) is 23.1 Å². The number of hydrogen-bond donors (Lipinski definition) is 2. The van der Waals surface area contributed by atoms with Crippen LogP contribution in [0.25, 0.3) is 0 Å². The second kappa shape index (κ2) is 8.28. The molecule has 0 aromatic heterocycles. The Kier molecular flexibility index (Phi) is 7.03. The second-order valence-electron chi connectivity index (χ2n) is 3.97. The predicted octanol–water partition coefficient (Wildman–Crippen LogP) is 0.226. The minimum absolute atomic E-state index is 0.0597. The molecule has 0 atom stereocenters. The number of ether oxygens (including phenoxy) is 2. The summed E-state index contributed by atoms with van der Waals surface area (Å²) in [6.45, 7) is 1.20. The molecule has 0 bridgehead atoms. The molecule has 3 N–H and O–H groups in total. The molecular weight excluding hydrogens is 287 g/mol. The largest absolute Gasteiger partial charge is 0.382 e. The Balaban J connectivity index is 2.56. The maximum Gasteiger partial charge on any atom is 0.243 e. The van der Waals surface area contributed by atoms with Crippen molar-refractivity contribution in [1.82, 2.24) is 4.72 Å². The van der Waals surface area contributed by atoms with E-state index in [0.29, 0.717) is 18.8 Å². The van der Waals surface area contributed by atoms with Crippen LogP contribution < -0.4 is 10.5 Å². The number of rotatable bonds is 9. The number of methoxy groups -OCH3 is 1. The van der Waals surface area contributed by atoms with Gasteiger partial charge in [-0.2, -0.15) is 0 Å². The zero-order chi connectivity index (χ0) is 15.0. The van der Waals surface area contributed by atoms with Gasteiger partial charge in [-0.25, -0.2) is 17.5 Å². The first kappa shape index (κ1) is 17.0. The van der Waals surface area contributed by atoms with Gasteiger partial charge >= 0.3 is 0 Å². The summed E-state index contributed by atoms with van der Waals surface area (Å²) < 4.78 is 49.6. The number of sulfonamides is 1. The fourth-order valence-electron chi connectivity index (χ4n) is 1.46. The molecule has 1 aromatic rings. The molecule has 8 heteroatoms. The summed E-state index contributed by atoms with van der Waals surface area (Å²) in [7, 11) is -2.34. The fourth-order valence-corrected chi connectivity index (χ4v) is 2.53. The average Bonchev–Trinajstić information content (AvgIpc) is 2.42. The Morgan fingerprint density at radius 1 is 1.30 bits per heavy atom. The van der Waals surface area contributed by atoms with Gasteiger partial charge in [0.2, 0.25) is 10.0 Å². The van der Waals surface area contributed by atoms with Crippen LogP contribution in [-0.4, -0.2) is 41.9 Å². The van der Waals surface area contributed by atoms with Crippen molar-refractivity contribution in [2.24, 2.45) is 5.73 Å². The van der Waals surface area contributed by atoms with Crippen LogP contribution in [0.2, 0.25) is 0 Å². The summed E-state index contributed by atoms with van der Waals surface area (Å²) >= 11 is 0. The Morgan fingerprint density at radius 2 is 2.05 bits per heavy atom. The minimum Gasteiger partial charge on any atom is -0.382 e. The molecule has 0 fully saturated rings. The van der Waals surface area contributed by atoms with Crippen molar-refractivity contribution >= 4 is 10.0 Å². The van der Waals surface area contributed by atoms with Crippen molar-refractivity contribution in [3.63, 3.8) is 0 Å². The molecule has 0 aliphatic heterocycles. The van der Waals surface area contributed by atoms with E-state index in [2.05, 4.69) is 4.72 Å². The van der Waals surface area contributed by atoms with Crippen molar-refractivity contribution in [2.75, 3.05) is 33.5 Å². The molecule has 20 heavy (non-hydrogen) atoms. The van der Waals surface area contributed by atoms with E-state index in [1.54, 1.807) is 7.11 Å². The summed E-state index contributed by atoms with van der Waals surface area (Å²) in [5, 5.41) is 0. The fraction of sp³-hybridized carbons (Fsp3) is 0.500. The van der Waals surface area contributed by atoms with Crippen LogP contribution in [0.4, 0.5) is 4.39 Å².